The Morgan fingerprint density at radius 2 is 1.94 bits per heavy atom. The Balaban J connectivity index is 1.30. The van der Waals surface area contributed by atoms with Crippen molar-refractivity contribution < 1.29 is 19.0 Å². The number of benzene rings is 3. The Morgan fingerprint density at radius 1 is 1.06 bits per heavy atom. The minimum Gasteiger partial charge on any atom is -0.489 e. The number of carbonyl (C=O) groups is 1. The second kappa shape index (κ2) is 9.73. The Hall–Kier alpha value is -3.22. The van der Waals surface area contributed by atoms with Gasteiger partial charge in [0.25, 0.3) is 0 Å². The lowest BCUT2D eigenvalue weighted by Crippen LogP contribution is -2.19. The molecule has 1 aliphatic heterocycles. The summed E-state index contributed by atoms with van der Waals surface area (Å²) in [5, 5.41) is 5.15. The van der Waals surface area contributed by atoms with E-state index in [0.29, 0.717) is 33.9 Å². The van der Waals surface area contributed by atoms with Gasteiger partial charge in [0, 0.05) is 15.6 Å². The van der Waals surface area contributed by atoms with Gasteiger partial charge in [0.05, 0.1) is 12.6 Å². The molecule has 0 aliphatic carbocycles. The lowest BCUT2D eigenvalue weighted by atomic mass is 10.1. The van der Waals surface area contributed by atoms with Gasteiger partial charge in [-0.15, -0.1) is 0 Å². The molecular formula is C23H18Cl2N2O4. The number of hydrazone groups is 1. The summed E-state index contributed by atoms with van der Waals surface area (Å²) in [6.07, 6.45) is 1.73. The number of fused-ring (bicyclic) bond motifs is 1. The highest BCUT2D eigenvalue weighted by molar-refractivity contribution is 6.35. The molecule has 0 unspecified atom stereocenters. The van der Waals surface area contributed by atoms with Crippen molar-refractivity contribution in [2.75, 3.05) is 6.79 Å². The highest BCUT2D eigenvalue weighted by atomic mass is 35.5. The standard InChI is InChI=1S/C23H18Cl2N2O4/c24-18-6-5-17(20(25)11-18)13-29-19-3-1-2-16(8-19)12-26-27-23(28)10-15-4-7-21-22(9-15)31-14-30-21/h1-9,11-12H,10,13-14H2,(H,27,28)/b26-12-. The van der Waals surface area contributed by atoms with E-state index < -0.39 is 0 Å². The van der Waals surface area contributed by atoms with E-state index in [1.54, 1.807) is 30.5 Å². The fourth-order valence-electron chi connectivity index (χ4n) is 2.94. The molecule has 3 aromatic carbocycles. The number of rotatable bonds is 7. The van der Waals surface area contributed by atoms with Gasteiger partial charge in [-0.25, -0.2) is 5.43 Å². The number of ether oxygens (including phenoxy) is 3. The minimum atomic E-state index is -0.236. The first kappa shape index (κ1) is 21.0. The molecular weight excluding hydrogens is 439 g/mol. The molecule has 0 spiro atoms. The zero-order valence-electron chi connectivity index (χ0n) is 16.3. The van der Waals surface area contributed by atoms with Gasteiger partial charge in [-0.2, -0.15) is 5.10 Å². The molecule has 4 rings (SSSR count). The number of nitrogens with zero attached hydrogens (tertiary/aromatic N) is 1. The molecule has 1 aliphatic rings. The topological polar surface area (TPSA) is 69.2 Å². The maximum absolute atomic E-state index is 12.1. The van der Waals surface area contributed by atoms with E-state index in [1.807, 2.05) is 36.4 Å². The summed E-state index contributed by atoms with van der Waals surface area (Å²) in [4.78, 5) is 12.1. The summed E-state index contributed by atoms with van der Waals surface area (Å²) in [5.74, 6) is 1.75. The van der Waals surface area contributed by atoms with Gasteiger partial charge in [-0.3, -0.25) is 4.79 Å². The summed E-state index contributed by atoms with van der Waals surface area (Å²) in [6, 6.07) is 18.0. The molecule has 0 radical (unpaired) electrons. The SMILES string of the molecule is O=C(Cc1ccc2c(c1)OCO2)N/N=C\c1cccc(OCc2ccc(Cl)cc2Cl)c1. The van der Waals surface area contributed by atoms with E-state index in [0.717, 1.165) is 16.7 Å². The van der Waals surface area contributed by atoms with Crippen LogP contribution in [-0.4, -0.2) is 18.9 Å². The van der Waals surface area contributed by atoms with Gasteiger partial charge in [0.1, 0.15) is 12.4 Å². The summed E-state index contributed by atoms with van der Waals surface area (Å²) in [6.45, 7) is 0.508. The Bertz CT molecular complexity index is 1130. The highest BCUT2D eigenvalue weighted by Crippen LogP contribution is 2.32. The monoisotopic (exact) mass is 456 g/mol. The third kappa shape index (κ3) is 5.69. The minimum absolute atomic E-state index is 0.180. The van der Waals surface area contributed by atoms with Crippen LogP contribution in [0.5, 0.6) is 17.2 Å². The van der Waals surface area contributed by atoms with Crippen molar-refractivity contribution in [2.24, 2.45) is 5.10 Å². The fraction of sp³-hybridized carbons (Fsp3) is 0.130. The van der Waals surface area contributed by atoms with Crippen molar-refractivity contribution in [3.05, 3.63) is 87.4 Å². The first-order chi connectivity index (χ1) is 15.1. The number of hydrogen-bond acceptors (Lipinski definition) is 5. The van der Waals surface area contributed by atoms with Crippen LogP contribution >= 0.6 is 23.2 Å². The quantitative estimate of drug-likeness (QED) is 0.401. The van der Waals surface area contributed by atoms with Crippen LogP contribution in [0.4, 0.5) is 0 Å². The van der Waals surface area contributed by atoms with E-state index in [9.17, 15) is 4.79 Å². The molecule has 158 valence electrons. The molecule has 0 saturated heterocycles. The summed E-state index contributed by atoms with van der Waals surface area (Å²) in [5.41, 5.74) is 4.95. The molecule has 31 heavy (non-hydrogen) atoms. The zero-order valence-corrected chi connectivity index (χ0v) is 17.8. The lowest BCUT2D eigenvalue weighted by molar-refractivity contribution is -0.120. The smallest absolute Gasteiger partial charge is 0.244 e. The van der Waals surface area contributed by atoms with Crippen LogP contribution in [0.2, 0.25) is 10.0 Å². The van der Waals surface area contributed by atoms with Gasteiger partial charge >= 0.3 is 0 Å². The van der Waals surface area contributed by atoms with E-state index in [-0.39, 0.29) is 19.1 Å². The number of hydrogen-bond donors (Lipinski definition) is 1. The second-order valence-corrected chi connectivity index (χ2v) is 7.60. The predicted octanol–water partition coefficient (Wildman–Crippen LogP) is 4.99. The van der Waals surface area contributed by atoms with Crippen LogP contribution in [-0.2, 0) is 17.8 Å². The second-order valence-electron chi connectivity index (χ2n) is 6.75. The highest BCUT2D eigenvalue weighted by Gasteiger charge is 2.14. The van der Waals surface area contributed by atoms with Crippen LogP contribution in [0.15, 0.2) is 65.8 Å². The largest absolute Gasteiger partial charge is 0.489 e. The van der Waals surface area contributed by atoms with Crippen molar-refractivity contribution >= 4 is 35.3 Å². The molecule has 1 amide bonds. The molecule has 1 N–H and O–H groups in total. The maximum atomic E-state index is 12.1. The van der Waals surface area contributed by atoms with Crippen LogP contribution in [0.25, 0.3) is 0 Å². The third-order valence-electron chi connectivity index (χ3n) is 4.47. The zero-order chi connectivity index (χ0) is 21.6. The Labute approximate surface area is 189 Å². The molecule has 0 bridgehead atoms. The fourth-order valence-corrected chi connectivity index (χ4v) is 3.40. The molecule has 6 nitrogen and oxygen atoms in total. The number of carbonyl (C=O) groups excluding carboxylic acids is 1. The molecule has 0 saturated carbocycles. The average molecular weight is 457 g/mol. The normalized spacial score (nSPS) is 12.2. The van der Waals surface area contributed by atoms with Crippen molar-refractivity contribution in [1.29, 1.82) is 0 Å². The van der Waals surface area contributed by atoms with Crippen molar-refractivity contribution in [3.8, 4) is 17.2 Å². The summed E-state index contributed by atoms with van der Waals surface area (Å²) in [7, 11) is 0. The van der Waals surface area contributed by atoms with Gasteiger partial charge < -0.3 is 14.2 Å². The van der Waals surface area contributed by atoms with E-state index in [1.165, 1.54) is 0 Å². The molecule has 0 fully saturated rings. The summed E-state index contributed by atoms with van der Waals surface area (Å²) < 4.78 is 16.4. The first-order valence-electron chi connectivity index (χ1n) is 9.44. The van der Waals surface area contributed by atoms with Gasteiger partial charge in [-0.05, 0) is 47.5 Å². The number of nitrogens with one attached hydrogen (secondary N) is 1. The van der Waals surface area contributed by atoms with Crippen molar-refractivity contribution in [3.63, 3.8) is 0 Å². The average Bonchev–Trinajstić information content (AvgIpc) is 3.21. The Morgan fingerprint density at radius 3 is 2.81 bits per heavy atom. The van der Waals surface area contributed by atoms with Crippen LogP contribution < -0.4 is 19.6 Å². The Kier molecular flexibility index (Phi) is 6.60. The van der Waals surface area contributed by atoms with Crippen molar-refractivity contribution in [1.82, 2.24) is 5.43 Å². The molecule has 1 heterocycles. The maximum Gasteiger partial charge on any atom is 0.244 e. The number of amides is 1. The van der Waals surface area contributed by atoms with E-state index in [2.05, 4.69) is 10.5 Å². The van der Waals surface area contributed by atoms with Crippen molar-refractivity contribution in [2.45, 2.75) is 13.0 Å². The van der Waals surface area contributed by atoms with Crippen LogP contribution in [0.3, 0.4) is 0 Å². The van der Waals surface area contributed by atoms with Gasteiger partial charge in [0.2, 0.25) is 12.7 Å². The molecule has 3 aromatic rings. The van der Waals surface area contributed by atoms with Crippen LogP contribution in [0, 0.1) is 0 Å². The lowest BCUT2D eigenvalue weighted by Gasteiger charge is -2.08. The number of halogens is 2. The van der Waals surface area contributed by atoms with Gasteiger partial charge in [0.15, 0.2) is 11.5 Å². The molecule has 8 heteroatoms. The van der Waals surface area contributed by atoms with E-state index >= 15 is 0 Å². The third-order valence-corrected chi connectivity index (χ3v) is 5.06. The van der Waals surface area contributed by atoms with E-state index in [4.69, 9.17) is 37.4 Å². The molecule has 0 atom stereocenters. The first-order valence-corrected chi connectivity index (χ1v) is 10.2. The predicted molar refractivity (Wildman–Crippen MR) is 119 cm³/mol. The van der Waals surface area contributed by atoms with Gasteiger partial charge in [-0.1, -0.05) is 47.5 Å². The summed E-state index contributed by atoms with van der Waals surface area (Å²) >= 11 is 12.1. The van der Waals surface area contributed by atoms with Crippen LogP contribution in [0.1, 0.15) is 16.7 Å². The molecule has 0 aromatic heterocycles.